The summed E-state index contributed by atoms with van der Waals surface area (Å²) < 4.78 is 0. The maximum absolute atomic E-state index is 13.9. The number of hydrogen-bond donors (Lipinski definition) is 4. The number of hydrogen-bond acceptors (Lipinski definition) is 7. The Morgan fingerprint density at radius 3 is 2.26 bits per heavy atom. The monoisotopic (exact) mass is 530 g/mol. The number of carbonyl (C=O) groups is 4. The highest BCUT2D eigenvalue weighted by atomic mass is 16.4. The van der Waals surface area contributed by atoms with Crippen molar-refractivity contribution in [3.63, 3.8) is 0 Å². The number of aliphatic hydroxyl groups excluding tert-OH is 3. The minimum Gasteiger partial charge on any atom is -0.481 e. The molecule has 8 nitrogen and oxygen atoms in total. The Hall–Kier alpha value is -2.16. The SMILES string of the molecule is C/C(=C\C(=O)C[C@H](C)C(=O)O)[C@H]1C[C@@H](O)[C@@]2(C)C3=C([C@@H](O)[C@H](O)[C@]12C)[C@@]1(C)CCC(=O)C(C)(C)[C@@H]1CC3=O. The van der Waals surface area contributed by atoms with Gasteiger partial charge < -0.3 is 20.4 Å². The smallest absolute Gasteiger partial charge is 0.306 e. The molecule has 0 heterocycles. The Labute approximate surface area is 224 Å². The summed E-state index contributed by atoms with van der Waals surface area (Å²) in [5.41, 5.74) is -2.44. The average Bonchev–Trinajstić information content (AvgIpc) is 3.03. The van der Waals surface area contributed by atoms with Gasteiger partial charge >= 0.3 is 5.97 Å². The molecule has 4 N–H and O–H groups in total. The lowest BCUT2D eigenvalue weighted by Crippen LogP contribution is -2.65. The molecular formula is C30H42O8. The highest BCUT2D eigenvalue weighted by Gasteiger charge is 2.72. The van der Waals surface area contributed by atoms with Gasteiger partial charge in [0.2, 0.25) is 0 Å². The Bertz CT molecular complexity index is 1160. The van der Waals surface area contributed by atoms with E-state index in [9.17, 15) is 34.5 Å². The second kappa shape index (κ2) is 8.93. The summed E-state index contributed by atoms with van der Waals surface area (Å²) in [7, 11) is 0. The van der Waals surface area contributed by atoms with Crippen LogP contribution in [0.3, 0.4) is 0 Å². The number of carboxylic acids is 1. The van der Waals surface area contributed by atoms with Crippen LogP contribution in [0.1, 0.15) is 80.6 Å². The first-order valence-electron chi connectivity index (χ1n) is 13.7. The summed E-state index contributed by atoms with van der Waals surface area (Å²) in [5.74, 6) is -3.28. The van der Waals surface area contributed by atoms with E-state index in [1.54, 1.807) is 20.8 Å². The molecule has 0 spiro atoms. The minimum atomic E-state index is -1.37. The zero-order chi connectivity index (χ0) is 28.7. The van der Waals surface area contributed by atoms with Crippen LogP contribution >= 0.6 is 0 Å². The van der Waals surface area contributed by atoms with E-state index in [2.05, 4.69) is 0 Å². The van der Waals surface area contributed by atoms with Crippen molar-refractivity contribution in [1.82, 2.24) is 0 Å². The van der Waals surface area contributed by atoms with Crippen molar-refractivity contribution < 1.29 is 39.6 Å². The van der Waals surface area contributed by atoms with Gasteiger partial charge in [0.25, 0.3) is 0 Å². The van der Waals surface area contributed by atoms with Crippen molar-refractivity contribution in [2.45, 2.75) is 98.9 Å². The molecule has 0 radical (unpaired) electrons. The number of Topliss-reactive ketones (excluding diaryl/α,β-unsaturated/α-hetero) is 2. The van der Waals surface area contributed by atoms with Gasteiger partial charge in [0.05, 0.1) is 18.1 Å². The van der Waals surface area contributed by atoms with E-state index in [1.807, 2.05) is 20.8 Å². The van der Waals surface area contributed by atoms with Crippen molar-refractivity contribution in [3.05, 3.63) is 22.8 Å². The predicted molar refractivity (Wildman–Crippen MR) is 139 cm³/mol. The molecule has 0 aromatic heterocycles. The molecule has 210 valence electrons. The second-order valence-electron chi connectivity index (χ2n) is 13.5. The Kier molecular flexibility index (Phi) is 6.78. The molecule has 9 atom stereocenters. The summed E-state index contributed by atoms with van der Waals surface area (Å²) in [6, 6.07) is 0. The number of aliphatic hydroxyl groups is 3. The van der Waals surface area contributed by atoms with Crippen LogP contribution in [-0.4, -0.2) is 62.1 Å². The van der Waals surface area contributed by atoms with Crippen LogP contribution in [0.15, 0.2) is 22.8 Å². The summed E-state index contributed by atoms with van der Waals surface area (Å²) >= 11 is 0. The molecule has 0 saturated heterocycles. The average molecular weight is 531 g/mol. The fourth-order valence-electron chi connectivity index (χ4n) is 8.76. The maximum atomic E-state index is 13.9. The first-order valence-corrected chi connectivity index (χ1v) is 13.7. The highest BCUT2D eigenvalue weighted by Crippen LogP contribution is 2.71. The number of ketones is 3. The Morgan fingerprint density at radius 1 is 1.08 bits per heavy atom. The van der Waals surface area contributed by atoms with Gasteiger partial charge in [-0.2, -0.15) is 0 Å². The van der Waals surface area contributed by atoms with Crippen LogP contribution < -0.4 is 0 Å². The number of aliphatic carboxylic acids is 1. The Morgan fingerprint density at radius 2 is 1.68 bits per heavy atom. The Balaban J connectivity index is 1.85. The van der Waals surface area contributed by atoms with Crippen LogP contribution in [0, 0.1) is 39.4 Å². The van der Waals surface area contributed by atoms with E-state index >= 15 is 0 Å². The molecule has 4 rings (SSSR count). The van der Waals surface area contributed by atoms with Gasteiger partial charge in [-0.1, -0.05) is 47.1 Å². The molecular weight excluding hydrogens is 488 g/mol. The van der Waals surface area contributed by atoms with Crippen LogP contribution in [0.2, 0.25) is 0 Å². The maximum Gasteiger partial charge on any atom is 0.306 e. The second-order valence-corrected chi connectivity index (χ2v) is 13.5. The molecule has 0 aromatic carbocycles. The molecule has 4 aliphatic carbocycles. The zero-order valence-corrected chi connectivity index (χ0v) is 23.5. The fourth-order valence-corrected chi connectivity index (χ4v) is 8.76. The van der Waals surface area contributed by atoms with Gasteiger partial charge in [-0.25, -0.2) is 0 Å². The largest absolute Gasteiger partial charge is 0.481 e. The van der Waals surface area contributed by atoms with Gasteiger partial charge in [-0.3, -0.25) is 19.2 Å². The quantitative estimate of drug-likeness (QED) is 0.396. The van der Waals surface area contributed by atoms with Gasteiger partial charge in [-0.15, -0.1) is 0 Å². The molecule has 0 amide bonds. The molecule has 0 aromatic rings. The minimum absolute atomic E-state index is 0.0855. The summed E-state index contributed by atoms with van der Waals surface area (Å²) in [6.07, 6.45) is -1.46. The van der Waals surface area contributed by atoms with E-state index < -0.39 is 57.8 Å². The van der Waals surface area contributed by atoms with Gasteiger partial charge in [-0.05, 0) is 48.7 Å². The summed E-state index contributed by atoms with van der Waals surface area (Å²) in [5, 5.41) is 44.3. The third-order valence-electron chi connectivity index (χ3n) is 11.3. The molecule has 2 fully saturated rings. The van der Waals surface area contributed by atoms with Crippen LogP contribution in [-0.2, 0) is 19.2 Å². The van der Waals surface area contributed by atoms with Crippen molar-refractivity contribution in [3.8, 4) is 0 Å². The standard InChI is InChI=1S/C30H42O8/c1-14(10-16(31)11-15(2)26(37)38)17-12-21(34)30(7)22-18(32)13-19-27(3,4)20(33)8-9-28(19,5)23(22)24(35)25(36)29(17,30)6/h10,15,17,19,21,24-25,34-36H,8-9,11-13H2,1-7H3,(H,37,38)/b14-10+/t15-,17+,19-,21+,24+,25-,28-,29-,30-/m0/s1. The topological polar surface area (TPSA) is 149 Å². The molecule has 0 bridgehead atoms. The molecule has 8 heteroatoms. The number of carboxylic acid groups (broad SMARTS) is 1. The van der Waals surface area contributed by atoms with E-state index in [1.165, 1.54) is 13.0 Å². The van der Waals surface area contributed by atoms with E-state index in [0.29, 0.717) is 29.6 Å². The van der Waals surface area contributed by atoms with Gasteiger partial charge in [0, 0.05) is 41.1 Å². The van der Waals surface area contributed by atoms with Crippen molar-refractivity contribution in [2.24, 2.45) is 39.4 Å². The number of carbonyl (C=O) groups excluding carboxylic acids is 3. The third kappa shape index (κ3) is 3.59. The number of fused-ring (bicyclic) bond motifs is 4. The fraction of sp³-hybridized carbons (Fsp3) is 0.733. The first-order chi connectivity index (χ1) is 17.4. The lowest BCUT2D eigenvalue weighted by atomic mass is 9.42. The van der Waals surface area contributed by atoms with Crippen LogP contribution in [0.4, 0.5) is 0 Å². The molecule has 2 saturated carbocycles. The number of rotatable bonds is 5. The van der Waals surface area contributed by atoms with Crippen molar-refractivity contribution >= 4 is 23.3 Å². The highest BCUT2D eigenvalue weighted by molar-refractivity contribution is 6.01. The van der Waals surface area contributed by atoms with E-state index in [-0.39, 0.29) is 42.5 Å². The van der Waals surface area contributed by atoms with Gasteiger partial charge in [0.15, 0.2) is 11.6 Å². The molecule has 4 aliphatic rings. The lowest BCUT2D eigenvalue weighted by molar-refractivity contribution is -0.158. The van der Waals surface area contributed by atoms with Crippen LogP contribution in [0.25, 0.3) is 0 Å². The van der Waals surface area contributed by atoms with Crippen LogP contribution in [0.5, 0.6) is 0 Å². The predicted octanol–water partition coefficient (Wildman–Crippen LogP) is 3.02. The van der Waals surface area contributed by atoms with Crippen molar-refractivity contribution in [2.75, 3.05) is 0 Å². The molecule has 38 heavy (non-hydrogen) atoms. The summed E-state index contributed by atoms with van der Waals surface area (Å²) in [6.45, 7) is 12.4. The third-order valence-corrected chi connectivity index (χ3v) is 11.3. The number of allylic oxidation sites excluding steroid dienone is 2. The zero-order valence-electron chi connectivity index (χ0n) is 23.5. The molecule has 0 unspecified atom stereocenters. The first kappa shape index (κ1) is 28.8. The normalized spacial score (nSPS) is 43.3. The summed E-state index contributed by atoms with van der Waals surface area (Å²) in [4.78, 5) is 50.7. The van der Waals surface area contributed by atoms with Crippen molar-refractivity contribution in [1.29, 1.82) is 0 Å². The van der Waals surface area contributed by atoms with E-state index in [4.69, 9.17) is 5.11 Å². The lowest BCUT2D eigenvalue weighted by Gasteiger charge is -2.62. The van der Waals surface area contributed by atoms with E-state index in [0.717, 1.165) is 0 Å². The molecule has 0 aliphatic heterocycles. The van der Waals surface area contributed by atoms with Gasteiger partial charge in [0.1, 0.15) is 11.9 Å².